The van der Waals surface area contributed by atoms with Crippen LogP contribution >= 0.6 is 0 Å². The molecule has 2 unspecified atom stereocenters. The van der Waals surface area contributed by atoms with E-state index in [9.17, 15) is 4.21 Å². The predicted molar refractivity (Wildman–Crippen MR) is 49.1 cm³/mol. The van der Waals surface area contributed by atoms with Crippen molar-refractivity contribution >= 4 is 10.8 Å². The highest BCUT2D eigenvalue weighted by atomic mass is 32.2. The number of rotatable bonds is 3. The molecule has 0 aliphatic carbocycles. The quantitative estimate of drug-likeness (QED) is 0.686. The minimum absolute atomic E-state index is 0.329. The predicted octanol–water partition coefficient (Wildman–Crippen LogP) is 0.753. The van der Waals surface area contributed by atoms with Crippen molar-refractivity contribution in [1.29, 1.82) is 0 Å². The zero-order chi connectivity index (χ0) is 8.27. The standard InChI is InChI=1S/C8H17NOS/c1-7(2)11(10)6-8-3-4-9-5-8/h7-9H,3-6H2,1-2H3. The summed E-state index contributed by atoms with van der Waals surface area (Å²) in [6.45, 7) is 6.23. The third-order valence-corrected chi connectivity index (χ3v) is 3.94. The average molecular weight is 175 g/mol. The first kappa shape index (κ1) is 9.20. The molecule has 2 nitrogen and oxygen atoms in total. The van der Waals surface area contributed by atoms with Gasteiger partial charge in [-0.2, -0.15) is 0 Å². The zero-order valence-electron chi connectivity index (χ0n) is 7.30. The first-order valence-corrected chi connectivity index (χ1v) is 5.66. The van der Waals surface area contributed by atoms with Gasteiger partial charge in [-0.05, 0) is 25.4 Å². The summed E-state index contributed by atoms with van der Waals surface area (Å²) in [5, 5.41) is 3.61. The minimum Gasteiger partial charge on any atom is -0.316 e. The fourth-order valence-electron chi connectivity index (χ4n) is 1.28. The van der Waals surface area contributed by atoms with E-state index >= 15 is 0 Å². The Morgan fingerprint density at radius 1 is 1.64 bits per heavy atom. The molecular formula is C8H17NOS. The highest BCUT2D eigenvalue weighted by Crippen LogP contribution is 2.10. The van der Waals surface area contributed by atoms with Crippen LogP contribution in [0.15, 0.2) is 0 Å². The monoisotopic (exact) mass is 175 g/mol. The van der Waals surface area contributed by atoms with Crippen LogP contribution in [0.4, 0.5) is 0 Å². The van der Waals surface area contributed by atoms with Gasteiger partial charge in [0.25, 0.3) is 0 Å². The summed E-state index contributed by atoms with van der Waals surface area (Å²) < 4.78 is 11.4. The normalized spacial score (nSPS) is 27.7. The van der Waals surface area contributed by atoms with Crippen molar-refractivity contribution in [2.24, 2.45) is 5.92 Å². The van der Waals surface area contributed by atoms with Crippen molar-refractivity contribution in [3.63, 3.8) is 0 Å². The molecule has 0 aromatic rings. The maximum absolute atomic E-state index is 11.4. The summed E-state index contributed by atoms with van der Waals surface area (Å²) in [4.78, 5) is 0. The van der Waals surface area contributed by atoms with Gasteiger partial charge in [0.2, 0.25) is 0 Å². The number of nitrogens with one attached hydrogen (secondary N) is 1. The van der Waals surface area contributed by atoms with Crippen LogP contribution in [0, 0.1) is 5.92 Å². The lowest BCUT2D eigenvalue weighted by molar-refractivity contribution is 0.628. The average Bonchev–Trinajstić information content (AvgIpc) is 2.39. The van der Waals surface area contributed by atoms with Crippen LogP contribution in [-0.4, -0.2) is 28.3 Å². The van der Waals surface area contributed by atoms with Gasteiger partial charge in [-0.25, -0.2) is 0 Å². The lowest BCUT2D eigenvalue weighted by atomic mass is 10.2. The molecule has 11 heavy (non-hydrogen) atoms. The van der Waals surface area contributed by atoms with E-state index in [0.717, 1.165) is 18.8 Å². The first-order valence-electron chi connectivity index (χ1n) is 4.28. The summed E-state index contributed by atoms with van der Waals surface area (Å²) in [6.07, 6.45) is 1.21. The largest absolute Gasteiger partial charge is 0.316 e. The molecule has 1 fully saturated rings. The molecule has 0 spiro atoms. The van der Waals surface area contributed by atoms with Crippen LogP contribution in [0.5, 0.6) is 0 Å². The topological polar surface area (TPSA) is 29.1 Å². The Balaban J connectivity index is 2.24. The van der Waals surface area contributed by atoms with Crippen molar-refractivity contribution in [2.75, 3.05) is 18.8 Å². The molecule has 0 radical (unpaired) electrons. The third kappa shape index (κ3) is 2.91. The fraction of sp³-hybridized carbons (Fsp3) is 1.00. The Bertz CT molecular complexity index is 141. The van der Waals surface area contributed by atoms with Gasteiger partial charge >= 0.3 is 0 Å². The lowest BCUT2D eigenvalue weighted by Crippen LogP contribution is -2.19. The minimum atomic E-state index is -0.602. The van der Waals surface area contributed by atoms with Gasteiger partial charge in [-0.3, -0.25) is 4.21 Å². The highest BCUT2D eigenvalue weighted by Gasteiger charge is 2.18. The highest BCUT2D eigenvalue weighted by molar-refractivity contribution is 7.85. The molecule has 1 heterocycles. The Morgan fingerprint density at radius 2 is 2.36 bits per heavy atom. The molecule has 1 aliphatic rings. The van der Waals surface area contributed by atoms with Crippen LogP contribution in [0.25, 0.3) is 0 Å². The van der Waals surface area contributed by atoms with E-state index in [4.69, 9.17) is 0 Å². The molecule has 66 valence electrons. The van der Waals surface area contributed by atoms with E-state index in [1.54, 1.807) is 0 Å². The van der Waals surface area contributed by atoms with Gasteiger partial charge in [0, 0.05) is 21.8 Å². The van der Waals surface area contributed by atoms with Gasteiger partial charge in [-0.15, -0.1) is 0 Å². The van der Waals surface area contributed by atoms with Crippen LogP contribution in [0.2, 0.25) is 0 Å². The van der Waals surface area contributed by atoms with Gasteiger partial charge in [0.05, 0.1) is 0 Å². The maximum Gasteiger partial charge on any atom is 0.0291 e. The van der Waals surface area contributed by atoms with Crippen LogP contribution in [0.1, 0.15) is 20.3 Å². The molecule has 2 atom stereocenters. The fourth-order valence-corrected chi connectivity index (χ4v) is 2.42. The summed E-state index contributed by atoms with van der Waals surface area (Å²) >= 11 is 0. The van der Waals surface area contributed by atoms with Gasteiger partial charge < -0.3 is 5.32 Å². The Kier molecular flexibility index (Phi) is 3.52. The van der Waals surface area contributed by atoms with Crippen molar-refractivity contribution in [1.82, 2.24) is 5.32 Å². The third-order valence-electron chi connectivity index (χ3n) is 2.09. The molecule has 0 aromatic carbocycles. The summed E-state index contributed by atoms with van der Waals surface area (Å²) in [6, 6.07) is 0. The van der Waals surface area contributed by atoms with Crippen LogP contribution in [-0.2, 0) is 10.8 Å². The smallest absolute Gasteiger partial charge is 0.0291 e. The van der Waals surface area contributed by atoms with Gasteiger partial charge in [0.15, 0.2) is 0 Å². The lowest BCUT2D eigenvalue weighted by Gasteiger charge is -2.09. The van der Waals surface area contributed by atoms with E-state index in [2.05, 4.69) is 5.32 Å². The van der Waals surface area contributed by atoms with E-state index in [0.29, 0.717) is 11.2 Å². The molecule has 1 saturated heterocycles. The SMILES string of the molecule is CC(C)S(=O)CC1CCNC1. The molecule has 0 amide bonds. The van der Waals surface area contributed by atoms with E-state index in [1.807, 2.05) is 13.8 Å². The molecule has 3 heteroatoms. The summed E-state index contributed by atoms with van der Waals surface area (Å²) in [5.41, 5.74) is 0. The second-order valence-corrected chi connectivity index (χ2v) is 5.49. The van der Waals surface area contributed by atoms with E-state index in [1.165, 1.54) is 6.42 Å². The zero-order valence-corrected chi connectivity index (χ0v) is 8.12. The van der Waals surface area contributed by atoms with Gasteiger partial charge in [-0.1, -0.05) is 13.8 Å². The summed E-state index contributed by atoms with van der Waals surface area (Å²) in [5.74, 6) is 1.56. The van der Waals surface area contributed by atoms with E-state index in [-0.39, 0.29) is 0 Å². The molecule has 1 N–H and O–H groups in total. The number of hydrogen-bond acceptors (Lipinski definition) is 2. The Morgan fingerprint density at radius 3 is 2.82 bits per heavy atom. The van der Waals surface area contributed by atoms with E-state index < -0.39 is 10.8 Å². The molecular weight excluding hydrogens is 158 g/mol. The molecule has 1 rings (SSSR count). The van der Waals surface area contributed by atoms with Crippen molar-refractivity contribution in [2.45, 2.75) is 25.5 Å². The van der Waals surface area contributed by atoms with Gasteiger partial charge in [0.1, 0.15) is 0 Å². The maximum atomic E-state index is 11.4. The molecule has 0 aromatic heterocycles. The number of hydrogen-bond donors (Lipinski definition) is 1. The molecule has 0 saturated carbocycles. The van der Waals surface area contributed by atoms with Crippen LogP contribution < -0.4 is 5.32 Å². The molecule has 0 bridgehead atoms. The Labute approximate surface area is 71.2 Å². The first-order chi connectivity index (χ1) is 5.20. The Hall–Kier alpha value is 0.110. The second-order valence-electron chi connectivity index (χ2n) is 3.45. The van der Waals surface area contributed by atoms with Crippen LogP contribution in [0.3, 0.4) is 0 Å². The van der Waals surface area contributed by atoms with Crippen molar-refractivity contribution < 1.29 is 4.21 Å². The van der Waals surface area contributed by atoms with Crippen molar-refractivity contribution in [3.05, 3.63) is 0 Å². The molecule has 1 aliphatic heterocycles. The summed E-state index contributed by atoms with van der Waals surface area (Å²) in [7, 11) is -0.602. The van der Waals surface area contributed by atoms with Crippen molar-refractivity contribution in [3.8, 4) is 0 Å². The second kappa shape index (κ2) is 4.21.